The lowest BCUT2D eigenvalue weighted by Crippen LogP contribution is -2.34. The average molecular weight is 450 g/mol. The minimum absolute atomic E-state index is 0.0942. The van der Waals surface area contributed by atoms with Crippen LogP contribution in [0.25, 0.3) is 0 Å². The summed E-state index contributed by atoms with van der Waals surface area (Å²) < 4.78 is 5.91. The van der Waals surface area contributed by atoms with Gasteiger partial charge in [-0.05, 0) is 37.1 Å². The Labute approximate surface area is 187 Å². The second kappa shape index (κ2) is 13.3. The third-order valence-corrected chi connectivity index (χ3v) is 6.55. The number of carbonyl (C=O) groups excluding carboxylic acids is 2. The van der Waals surface area contributed by atoms with E-state index >= 15 is 0 Å². The molecule has 0 atom stereocenters. The lowest BCUT2D eigenvalue weighted by atomic mass is 10.2. The summed E-state index contributed by atoms with van der Waals surface area (Å²) in [6, 6.07) is 7.21. The van der Waals surface area contributed by atoms with Crippen LogP contribution in [0.3, 0.4) is 0 Å². The van der Waals surface area contributed by atoms with Crippen molar-refractivity contribution in [1.82, 2.24) is 9.88 Å². The van der Waals surface area contributed by atoms with E-state index in [1.165, 1.54) is 23.1 Å². The van der Waals surface area contributed by atoms with Gasteiger partial charge in [-0.1, -0.05) is 38.5 Å². The highest BCUT2D eigenvalue weighted by Crippen LogP contribution is 2.24. The number of thiazole rings is 1. The summed E-state index contributed by atoms with van der Waals surface area (Å²) >= 11 is 2.86. The lowest BCUT2D eigenvalue weighted by molar-refractivity contribution is -0.130. The Balaban J connectivity index is 1.81. The van der Waals surface area contributed by atoms with E-state index in [4.69, 9.17) is 4.74 Å². The number of carbonyl (C=O) groups is 2. The molecule has 0 aliphatic heterocycles. The molecule has 0 bridgehead atoms. The third kappa shape index (κ3) is 8.36. The lowest BCUT2D eigenvalue weighted by Gasteiger charge is -2.22. The van der Waals surface area contributed by atoms with E-state index in [-0.39, 0.29) is 17.6 Å². The van der Waals surface area contributed by atoms with Crippen molar-refractivity contribution in [2.45, 2.75) is 50.3 Å². The molecule has 2 aromatic rings. The predicted molar refractivity (Wildman–Crippen MR) is 125 cm³/mol. The minimum Gasteiger partial charge on any atom is -0.497 e. The zero-order chi connectivity index (χ0) is 21.8. The van der Waals surface area contributed by atoms with Gasteiger partial charge >= 0.3 is 0 Å². The summed E-state index contributed by atoms with van der Waals surface area (Å²) in [5.41, 5.74) is 1.51. The average Bonchev–Trinajstić information content (AvgIpc) is 3.20. The molecule has 0 aliphatic carbocycles. The quantitative estimate of drug-likeness (QED) is 0.443. The number of aromatic nitrogens is 1. The van der Waals surface area contributed by atoms with Gasteiger partial charge in [-0.2, -0.15) is 0 Å². The second-order valence-electron chi connectivity index (χ2n) is 6.93. The van der Waals surface area contributed by atoms with Crippen LogP contribution in [0.15, 0.2) is 34.0 Å². The number of nitrogens with zero attached hydrogens (tertiary/aromatic N) is 2. The highest BCUT2D eigenvalue weighted by atomic mass is 32.2. The third-order valence-electron chi connectivity index (χ3n) is 4.48. The molecular weight excluding hydrogens is 418 g/mol. The summed E-state index contributed by atoms with van der Waals surface area (Å²) in [4.78, 5) is 31.3. The Morgan fingerprint density at radius 1 is 1.13 bits per heavy atom. The summed E-state index contributed by atoms with van der Waals surface area (Å²) in [7, 11) is 1.61. The van der Waals surface area contributed by atoms with Crippen molar-refractivity contribution in [1.29, 1.82) is 0 Å². The molecule has 8 heteroatoms. The zero-order valence-corrected chi connectivity index (χ0v) is 19.6. The van der Waals surface area contributed by atoms with E-state index in [0.29, 0.717) is 6.42 Å². The SMILES string of the molecule is CCCCN(CCCC)C(=O)Cc1csc(SCC(=O)Nc2ccc(OC)cc2)n1. The summed E-state index contributed by atoms with van der Waals surface area (Å²) in [5, 5.41) is 4.77. The first-order chi connectivity index (χ1) is 14.5. The zero-order valence-electron chi connectivity index (χ0n) is 18.0. The smallest absolute Gasteiger partial charge is 0.234 e. The van der Waals surface area contributed by atoms with Gasteiger partial charge in [0.15, 0.2) is 4.34 Å². The number of hydrogen-bond acceptors (Lipinski definition) is 6. The van der Waals surface area contributed by atoms with Crippen LogP contribution < -0.4 is 10.1 Å². The Morgan fingerprint density at radius 2 is 1.80 bits per heavy atom. The molecule has 30 heavy (non-hydrogen) atoms. The fourth-order valence-electron chi connectivity index (χ4n) is 2.76. The molecule has 0 aliphatic rings. The number of hydrogen-bond donors (Lipinski definition) is 1. The number of ether oxygens (including phenoxy) is 1. The van der Waals surface area contributed by atoms with E-state index < -0.39 is 0 Å². The summed E-state index contributed by atoms with van der Waals surface area (Å²) in [6.45, 7) is 5.90. The molecule has 0 saturated carbocycles. The van der Waals surface area contributed by atoms with Crippen molar-refractivity contribution < 1.29 is 14.3 Å². The number of rotatable bonds is 13. The molecule has 6 nitrogen and oxygen atoms in total. The van der Waals surface area contributed by atoms with Crippen LogP contribution >= 0.6 is 23.1 Å². The van der Waals surface area contributed by atoms with Crippen LogP contribution in [0.5, 0.6) is 5.75 Å². The second-order valence-corrected chi connectivity index (χ2v) is 9.02. The van der Waals surface area contributed by atoms with Crippen LogP contribution in [0.4, 0.5) is 5.69 Å². The van der Waals surface area contributed by atoms with Gasteiger partial charge in [-0.15, -0.1) is 11.3 Å². The first-order valence-corrected chi connectivity index (χ1v) is 12.2. The monoisotopic (exact) mass is 449 g/mol. The molecule has 0 saturated heterocycles. The Kier molecular flexibility index (Phi) is 10.7. The maximum Gasteiger partial charge on any atom is 0.234 e. The van der Waals surface area contributed by atoms with E-state index in [0.717, 1.165) is 60.2 Å². The van der Waals surface area contributed by atoms with Crippen molar-refractivity contribution in [3.63, 3.8) is 0 Å². The largest absolute Gasteiger partial charge is 0.497 e. The molecule has 0 spiro atoms. The Morgan fingerprint density at radius 3 is 2.40 bits per heavy atom. The first-order valence-electron chi connectivity index (χ1n) is 10.3. The topological polar surface area (TPSA) is 71.5 Å². The molecule has 164 valence electrons. The van der Waals surface area contributed by atoms with Gasteiger partial charge in [0.05, 0.1) is 25.0 Å². The van der Waals surface area contributed by atoms with Gasteiger partial charge in [0, 0.05) is 24.2 Å². The van der Waals surface area contributed by atoms with Gasteiger partial charge in [0.1, 0.15) is 5.75 Å². The normalized spacial score (nSPS) is 10.6. The summed E-state index contributed by atoms with van der Waals surface area (Å²) in [5.74, 6) is 1.06. The van der Waals surface area contributed by atoms with E-state index in [1.54, 1.807) is 31.4 Å². The predicted octanol–water partition coefficient (Wildman–Crippen LogP) is 4.85. The molecule has 0 unspecified atom stereocenters. The molecule has 1 aromatic carbocycles. The number of thioether (sulfide) groups is 1. The minimum atomic E-state index is -0.0942. The van der Waals surface area contributed by atoms with Crippen LogP contribution in [-0.4, -0.2) is 47.7 Å². The number of methoxy groups -OCH3 is 1. The maximum atomic E-state index is 12.7. The molecule has 1 aromatic heterocycles. The van der Waals surface area contributed by atoms with Gasteiger partial charge in [0.25, 0.3) is 0 Å². The van der Waals surface area contributed by atoms with Crippen LogP contribution in [-0.2, 0) is 16.0 Å². The van der Waals surface area contributed by atoms with Crippen molar-refractivity contribution >= 4 is 40.6 Å². The molecule has 1 N–H and O–H groups in total. The highest BCUT2D eigenvalue weighted by Gasteiger charge is 2.15. The Hall–Kier alpha value is -2.06. The van der Waals surface area contributed by atoms with Crippen molar-refractivity contribution in [3.8, 4) is 5.75 Å². The Bertz CT molecular complexity index is 785. The summed E-state index contributed by atoms with van der Waals surface area (Å²) in [6.07, 6.45) is 4.52. The van der Waals surface area contributed by atoms with Gasteiger partial charge in [0.2, 0.25) is 11.8 Å². The number of benzene rings is 1. The van der Waals surface area contributed by atoms with Gasteiger partial charge in [-0.3, -0.25) is 9.59 Å². The van der Waals surface area contributed by atoms with E-state index in [9.17, 15) is 9.59 Å². The maximum absolute atomic E-state index is 12.7. The van der Waals surface area contributed by atoms with Crippen molar-refractivity contribution in [3.05, 3.63) is 35.3 Å². The molecule has 0 fully saturated rings. The molecule has 2 rings (SSSR count). The fourth-order valence-corrected chi connectivity index (χ4v) is 4.41. The standard InChI is InChI=1S/C22H31N3O3S2/c1-4-6-12-25(13-7-5-2)21(27)14-18-15-29-22(24-18)30-16-20(26)23-17-8-10-19(28-3)11-9-17/h8-11,15H,4-7,12-14,16H2,1-3H3,(H,23,26). The molecule has 2 amide bonds. The number of nitrogens with one attached hydrogen (secondary N) is 1. The van der Waals surface area contributed by atoms with Crippen molar-refractivity contribution in [2.24, 2.45) is 0 Å². The number of anilines is 1. The van der Waals surface area contributed by atoms with Crippen LogP contribution in [0, 0.1) is 0 Å². The van der Waals surface area contributed by atoms with E-state index in [1.807, 2.05) is 10.3 Å². The van der Waals surface area contributed by atoms with Crippen LogP contribution in [0.2, 0.25) is 0 Å². The molecule has 1 heterocycles. The fraction of sp³-hybridized carbons (Fsp3) is 0.500. The molecular formula is C22H31N3O3S2. The number of unbranched alkanes of at least 4 members (excludes halogenated alkanes) is 2. The van der Waals surface area contributed by atoms with Crippen LogP contribution in [0.1, 0.15) is 45.2 Å². The highest BCUT2D eigenvalue weighted by molar-refractivity contribution is 8.01. The number of amides is 2. The van der Waals surface area contributed by atoms with E-state index in [2.05, 4.69) is 24.1 Å². The van der Waals surface area contributed by atoms with Crippen molar-refractivity contribution in [2.75, 3.05) is 31.3 Å². The molecule has 0 radical (unpaired) electrons. The first kappa shape index (κ1) is 24.2. The van der Waals surface area contributed by atoms with Gasteiger partial charge in [-0.25, -0.2) is 4.98 Å². The van der Waals surface area contributed by atoms with Gasteiger partial charge < -0.3 is 15.0 Å².